The first-order chi connectivity index (χ1) is 11.3. The normalized spacial score (nSPS) is 13.3. The van der Waals surface area contributed by atoms with Crippen LogP contribution in [0.5, 0.6) is 0 Å². The van der Waals surface area contributed by atoms with Gasteiger partial charge in [-0.25, -0.2) is 4.98 Å². The van der Waals surface area contributed by atoms with Gasteiger partial charge in [-0.1, -0.05) is 13.3 Å². The average molecular weight is 358 g/mol. The van der Waals surface area contributed by atoms with E-state index in [1.807, 2.05) is 0 Å². The van der Waals surface area contributed by atoms with Crippen LogP contribution < -0.4 is 11.1 Å². The molecule has 0 aliphatic rings. The molecule has 0 amide bonds. The van der Waals surface area contributed by atoms with E-state index < -0.39 is 20.0 Å². The lowest BCUT2D eigenvalue weighted by Gasteiger charge is -2.12. The maximum atomic E-state index is 10.8. The highest BCUT2D eigenvalue weighted by Gasteiger charge is 2.18. The van der Waals surface area contributed by atoms with Gasteiger partial charge < -0.3 is 30.6 Å². The first-order valence-electron chi connectivity index (χ1n) is 7.70. The Kier molecular flexibility index (Phi) is 6.11. The number of nitrogens with two attached hydrogens (primary N) is 1. The van der Waals surface area contributed by atoms with Gasteiger partial charge in [0.05, 0.1) is 6.10 Å². The molecule has 0 aliphatic heterocycles. The number of imidazole rings is 1. The van der Waals surface area contributed by atoms with Crippen molar-refractivity contribution in [3.8, 4) is 0 Å². The van der Waals surface area contributed by atoms with Gasteiger partial charge in [0, 0.05) is 13.0 Å². The number of aromatic amines is 1. The standard InChI is InChI=1S/C13H23N6O4P/c1-3-4-5-15-11-10-12(19-13(14)18-11)17-9(16-10)6-8(2)23-7-24(20,21)22/h8H,3-7H2,1-2H3,(H2,20,21,22)(H4,14,15,16,17,18,19). The highest BCUT2D eigenvalue weighted by molar-refractivity contribution is 7.51. The Hall–Kier alpha value is -1.74. The minimum Gasteiger partial charge on any atom is -0.368 e. The largest absolute Gasteiger partial charge is 0.368 e. The highest BCUT2D eigenvalue weighted by Crippen LogP contribution is 2.34. The molecule has 10 nitrogen and oxygen atoms in total. The van der Waals surface area contributed by atoms with Crippen LogP contribution in [0.3, 0.4) is 0 Å². The minimum absolute atomic E-state index is 0.130. The molecule has 0 aromatic carbocycles. The summed E-state index contributed by atoms with van der Waals surface area (Å²) in [5.41, 5.74) is 6.80. The van der Waals surface area contributed by atoms with E-state index in [0.717, 1.165) is 19.4 Å². The zero-order chi connectivity index (χ0) is 17.7. The Balaban J connectivity index is 2.12. The van der Waals surface area contributed by atoms with Gasteiger partial charge in [-0.15, -0.1) is 0 Å². The van der Waals surface area contributed by atoms with E-state index in [-0.39, 0.29) is 5.95 Å². The summed E-state index contributed by atoms with van der Waals surface area (Å²) >= 11 is 0. The molecule has 0 saturated heterocycles. The summed E-state index contributed by atoms with van der Waals surface area (Å²) in [5.74, 6) is 1.31. The number of rotatable bonds is 9. The molecule has 0 spiro atoms. The summed E-state index contributed by atoms with van der Waals surface area (Å²) in [6, 6.07) is 0. The fourth-order valence-electron chi connectivity index (χ4n) is 2.13. The van der Waals surface area contributed by atoms with Gasteiger partial charge in [0.1, 0.15) is 17.7 Å². The van der Waals surface area contributed by atoms with Crippen LogP contribution in [0.1, 0.15) is 32.5 Å². The number of H-pyrrole nitrogens is 1. The molecule has 2 heterocycles. The first-order valence-corrected chi connectivity index (χ1v) is 9.50. The molecule has 2 rings (SSSR count). The predicted molar refractivity (Wildman–Crippen MR) is 90.7 cm³/mol. The number of nitrogens with one attached hydrogen (secondary N) is 2. The Morgan fingerprint density at radius 3 is 2.79 bits per heavy atom. The molecular formula is C13H23N6O4P. The highest BCUT2D eigenvalue weighted by atomic mass is 31.2. The van der Waals surface area contributed by atoms with Gasteiger partial charge in [0.2, 0.25) is 5.95 Å². The Morgan fingerprint density at radius 2 is 2.12 bits per heavy atom. The maximum absolute atomic E-state index is 10.8. The van der Waals surface area contributed by atoms with Gasteiger partial charge in [0.15, 0.2) is 11.5 Å². The smallest absolute Gasteiger partial charge is 0.350 e. The third-order valence-electron chi connectivity index (χ3n) is 3.25. The van der Waals surface area contributed by atoms with Crippen LogP contribution in [0.25, 0.3) is 11.2 Å². The molecule has 2 aromatic heterocycles. The van der Waals surface area contributed by atoms with Gasteiger partial charge >= 0.3 is 7.60 Å². The first kappa shape index (κ1) is 18.6. The van der Waals surface area contributed by atoms with E-state index in [9.17, 15) is 4.57 Å². The number of hydrogen-bond donors (Lipinski definition) is 5. The van der Waals surface area contributed by atoms with Crippen molar-refractivity contribution in [1.82, 2.24) is 19.9 Å². The predicted octanol–water partition coefficient (Wildman–Crippen LogP) is 1.23. The molecule has 24 heavy (non-hydrogen) atoms. The van der Waals surface area contributed by atoms with Crippen LogP contribution in [-0.2, 0) is 15.7 Å². The van der Waals surface area contributed by atoms with Crippen LogP contribution in [0.15, 0.2) is 0 Å². The molecular weight excluding hydrogens is 335 g/mol. The number of nitrogens with zero attached hydrogens (tertiary/aromatic N) is 3. The Labute approximate surface area is 139 Å². The van der Waals surface area contributed by atoms with Crippen LogP contribution in [0.4, 0.5) is 11.8 Å². The SMILES string of the molecule is CCCCNc1nc(N)nc2nc(CC(C)OCP(=O)(O)O)[nH]c12. The number of unbranched alkanes of at least 4 members (excludes halogenated alkanes) is 1. The van der Waals surface area contributed by atoms with E-state index in [0.29, 0.717) is 29.2 Å². The lowest BCUT2D eigenvalue weighted by molar-refractivity contribution is 0.0874. The number of fused-ring (bicyclic) bond motifs is 1. The zero-order valence-corrected chi connectivity index (χ0v) is 14.6. The fraction of sp³-hybridized carbons (Fsp3) is 0.615. The van der Waals surface area contributed by atoms with Crippen molar-refractivity contribution in [3.05, 3.63) is 5.82 Å². The second kappa shape index (κ2) is 7.89. The van der Waals surface area contributed by atoms with Crippen LogP contribution in [0, 0.1) is 0 Å². The number of anilines is 2. The molecule has 2 aromatic rings. The van der Waals surface area contributed by atoms with Gasteiger partial charge in [0.25, 0.3) is 0 Å². The monoisotopic (exact) mass is 358 g/mol. The molecule has 0 radical (unpaired) electrons. The van der Waals surface area contributed by atoms with Crippen molar-refractivity contribution < 1.29 is 19.1 Å². The van der Waals surface area contributed by atoms with Crippen molar-refractivity contribution in [2.75, 3.05) is 23.9 Å². The van der Waals surface area contributed by atoms with E-state index in [2.05, 4.69) is 32.2 Å². The van der Waals surface area contributed by atoms with Crippen LogP contribution in [0.2, 0.25) is 0 Å². The van der Waals surface area contributed by atoms with Crippen molar-refractivity contribution in [1.29, 1.82) is 0 Å². The Bertz CT molecular complexity index is 731. The molecule has 0 bridgehead atoms. The summed E-state index contributed by atoms with van der Waals surface area (Å²) in [4.78, 5) is 33.4. The van der Waals surface area contributed by atoms with Crippen molar-refractivity contribution in [3.63, 3.8) is 0 Å². The summed E-state index contributed by atoms with van der Waals surface area (Å²) in [7, 11) is -4.18. The average Bonchev–Trinajstić information content (AvgIpc) is 2.87. The van der Waals surface area contributed by atoms with Crippen LogP contribution >= 0.6 is 7.60 Å². The zero-order valence-electron chi connectivity index (χ0n) is 13.7. The molecule has 11 heteroatoms. The van der Waals surface area contributed by atoms with E-state index >= 15 is 0 Å². The summed E-state index contributed by atoms with van der Waals surface area (Å²) in [5, 5.41) is 3.20. The van der Waals surface area contributed by atoms with Crippen molar-refractivity contribution >= 4 is 30.5 Å². The molecule has 1 atom stereocenters. The quantitative estimate of drug-likeness (QED) is 0.328. The second-order valence-electron chi connectivity index (χ2n) is 5.57. The minimum atomic E-state index is -4.18. The molecule has 134 valence electrons. The molecule has 6 N–H and O–H groups in total. The number of ether oxygens (including phenoxy) is 1. The summed E-state index contributed by atoms with van der Waals surface area (Å²) in [6.45, 7) is 4.57. The molecule has 0 saturated carbocycles. The van der Waals surface area contributed by atoms with Gasteiger partial charge in [-0.05, 0) is 13.3 Å². The fourth-order valence-corrected chi connectivity index (χ4v) is 2.57. The number of hydrogen-bond acceptors (Lipinski definition) is 7. The Morgan fingerprint density at radius 1 is 1.38 bits per heavy atom. The lowest BCUT2D eigenvalue weighted by Crippen LogP contribution is -2.13. The van der Waals surface area contributed by atoms with Gasteiger partial charge in [-0.2, -0.15) is 9.97 Å². The topological polar surface area (TPSA) is 159 Å². The molecule has 1 unspecified atom stereocenters. The van der Waals surface area contributed by atoms with Crippen molar-refractivity contribution in [2.24, 2.45) is 0 Å². The lowest BCUT2D eigenvalue weighted by atomic mass is 10.3. The van der Waals surface area contributed by atoms with Crippen LogP contribution in [-0.4, -0.2) is 48.7 Å². The third kappa shape index (κ3) is 5.41. The van der Waals surface area contributed by atoms with E-state index in [1.165, 1.54) is 0 Å². The van der Waals surface area contributed by atoms with Gasteiger partial charge in [-0.3, -0.25) is 4.57 Å². The number of aromatic nitrogens is 4. The summed E-state index contributed by atoms with van der Waals surface area (Å²) < 4.78 is 16.0. The van der Waals surface area contributed by atoms with Crippen molar-refractivity contribution in [2.45, 2.75) is 39.2 Å². The molecule has 0 fully saturated rings. The third-order valence-corrected chi connectivity index (χ3v) is 3.73. The molecule has 0 aliphatic carbocycles. The second-order valence-corrected chi connectivity index (χ2v) is 7.16. The van der Waals surface area contributed by atoms with E-state index in [1.54, 1.807) is 6.92 Å². The number of nitrogen functional groups attached to an aromatic ring is 1. The maximum Gasteiger partial charge on any atom is 0.350 e. The van der Waals surface area contributed by atoms with E-state index in [4.69, 9.17) is 20.3 Å². The summed E-state index contributed by atoms with van der Waals surface area (Å²) in [6.07, 6.45) is 1.37.